The number of rotatable bonds is 4. The Morgan fingerprint density at radius 3 is 3.00 bits per heavy atom. The van der Waals surface area contributed by atoms with Crippen molar-refractivity contribution in [2.45, 2.75) is 37.1 Å². The molecule has 4 heteroatoms. The highest BCUT2D eigenvalue weighted by Crippen LogP contribution is 2.26. The number of anilines is 1. The summed E-state index contributed by atoms with van der Waals surface area (Å²) in [6.45, 7) is 3.15. The summed E-state index contributed by atoms with van der Waals surface area (Å²) in [5.41, 5.74) is 0.917. The van der Waals surface area contributed by atoms with E-state index in [1.165, 1.54) is 6.42 Å². The highest BCUT2D eigenvalue weighted by atomic mass is 32.2. The van der Waals surface area contributed by atoms with Gasteiger partial charge in [-0.05, 0) is 43.7 Å². The van der Waals surface area contributed by atoms with Crippen LogP contribution in [0.4, 0.5) is 5.69 Å². The largest absolute Gasteiger partial charge is 0.324 e. The minimum absolute atomic E-state index is 0.0476. The van der Waals surface area contributed by atoms with Gasteiger partial charge in [-0.15, -0.1) is 11.8 Å². The lowest BCUT2D eigenvalue weighted by Crippen LogP contribution is -2.46. The van der Waals surface area contributed by atoms with E-state index in [-0.39, 0.29) is 11.9 Å². The van der Waals surface area contributed by atoms with Crippen LogP contribution in [0.15, 0.2) is 29.2 Å². The fraction of sp³-hybridized carbons (Fsp3) is 0.533. The quantitative estimate of drug-likeness (QED) is 0.831. The van der Waals surface area contributed by atoms with Gasteiger partial charge < -0.3 is 10.6 Å². The van der Waals surface area contributed by atoms with Crippen LogP contribution in [0.2, 0.25) is 0 Å². The van der Waals surface area contributed by atoms with Gasteiger partial charge in [0.25, 0.3) is 0 Å². The van der Waals surface area contributed by atoms with Crippen LogP contribution in [0.5, 0.6) is 0 Å². The molecule has 0 saturated carbocycles. The van der Waals surface area contributed by atoms with Crippen LogP contribution in [-0.2, 0) is 4.79 Å². The average Bonchev–Trinajstić information content (AvgIpc) is 2.47. The maximum absolute atomic E-state index is 12.3. The van der Waals surface area contributed by atoms with Gasteiger partial charge in [0.1, 0.15) is 0 Å². The molecule has 2 rings (SSSR count). The van der Waals surface area contributed by atoms with Gasteiger partial charge in [0.2, 0.25) is 5.91 Å². The van der Waals surface area contributed by atoms with Crippen LogP contribution in [0.25, 0.3) is 0 Å². The lowest BCUT2D eigenvalue weighted by atomic mass is 9.90. The summed E-state index contributed by atoms with van der Waals surface area (Å²) in [4.78, 5) is 13.4. The molecule has 0 spiro atoms. The normalized spacial score (nSPS) is 23.1. The van der Waals surface area contributed by atoms with Crippen LogP contribution < -0.4 is 10.6 Å². The van der Waals surface area contributed by atoms with Gasteiger partial charge in [-0.3, -0.25) is 4.79 Å². The second-order valence-electron chi connectivity index (χ2n) is 4.99. The topological polar surface area (TPSA) is 41.1 Å². The molecule has 0 aromatic heterocycles. The Labute approximate surface area is 119 Å². The van der Waals surface area contributed by atoms with E-state index in [1.54, 1.807) is 11.8 Å². The minimum Gasteiger partial charge on any atom is -0.324 e. The molecule has 0 bridgehead atoms. The maximum Gasteiger partial charge on any atom is 0.241 e. The number of benzene rings is 1. The summed E-state index contributed by atoms with van der Waals surface area (Å²) in [5, 5.41) is 6.38. The Balaban J connectivity index is 2.00. The van der Waals surface area contributed by atoms with Crippen LogP contribution in [0.3, 0.4) is 0 Å². The van der Waals surface area contributed by atoms with Gasteiger partial charge in [-0.2, -0.15) is 0 Å². The van der Waals surface area contributed by atoms with Crippen LogP contribution >= 0.6 is 11.8 Å². The molecule has 1 aliphatic heterocycles. The first-order valence-corrected chi connectivity index (χ1v) is 8.14. The molecule has 1 fully saturated rings. The maximum atomic E-state index is 12.3. The van der Waals surface area contributed by atoms with Crippen molar-refractivity contribution in [3.63, 3.8) is 0 Å². The second-order valence-corrected chi connectivity index (χ2v) is 5.84. The predicted octanol–water partition coefficient (Wildman–Crippen LogP) is 3.13. The smallest absolute Gasteiger partial charge is 0.241 e. The Hall–Kier alpha value is -1.00. The number of carbonyl (C=O) groups is 1. The van der Waals surface area contributed by atoms with Gasteiger partial charge in [-0.25, -0.2) is 0 Å². The molecule has 1 heterocycles. The number of nitrogens with one attached hydrogen (secondary N) is 2. The van der Waals surface area contributed by atoms with E-state index in [2.05, 4.69) is 17.6 Å². The third-order valence-electron chi connectivity index (χ3n) is 3.77. The summed E-state index contributed by atoms with van der Waals surface area (Å²) in [5.74, 6) is 0.771. The van der Waals surface area contributed by atoms with E-state index in [4.69, 9.17) is 0 Å². The lowest BCUT2D eigenvalue weighted by Gasteiger charge is -2.29. The molecule has 1 amide bonds. The molecule has 3 nitrogen and oxygen atoms in total. The molecular formula is C15H22N2OS. The molecule has 1 saturated heterocycles. The molecule has 1 aliphatic rings. The molecule has 0 radical (unpaired) electrons. The van der Waals surface area contributed by atoms with E-state index >= 15 is 0 Å². The number of amides is 1. The van der Waals surface area contributed by atoms with E-state index in [1.807, 2.05) is 30.5 Å². The third-order valence-corrected chi connectivity index (χ3v) is 4.57. The zero-order chi connectivity index (χ0) is 13.7. The van der Waals surface area contributed by atoms with Crippen molar-refractivity contribution in [2.75, 3.05) is 18.1 Å². The Morgan fingerprint density at radius 2 is 2.26 bits per heavy atom. The van der Waals surface area contributed by atoms with Crippen LogP contribution in [0, 0.1) is 5.92 Å². The van der Waals surface area contributed by atoms with E-state index < -0.39 is 0 Å². The van der Waals surface area contributed by atoms with Crippen LogP contribution in [-0.4, -0.2) is 24.7 Å². The summed E-state index contributed by atoms with van der Waals surface area (Å²) in [6, 6.07) is 7.90. The first kappa shape index (κ1) is 14.4. The molecule has 1 aromatic rings. The highest BCUT2D eigenvalue weighted by molar-refractivity contribution is 7.98. The number of hydrogen-bond acceptors (Lipinski definition) is 3. The third kappa shape index (κ3) is 3.74. The molecule has 2 N–H and O–H groups in total. The summed E-state index contributed by atoms with van der Waals surface area (Å²) in [6.07, 6.45) is 5.31. The zero-order valence-electron chi connectivity index (χ0n) is 11.6. The first-order valence-electron chi connectivity index (χ1n) is 6.91. The first-order chi connectivity index (χ1) is 9.24. The van der Waals surface area contributed by atoms with Crippen molar-refractivity contribution in [1.29, 1.82) is 0 Å². The summed E-state index contributed by atoms with van der Waals surface area (Å²) >= 11 is 1.65. The van der Waals surface area contributed by atoms with Crippen molar-refractivity contribution in [1.82, 2.24) is 5.32 Å². The Kier molecular flexibility index (Phi) is 5.28. The number of hydrogen-bond donors (Lipinski definition) is 2. The summed E-state index contributed by atoms with van der Waals surface area (Å²) < 4.78 is 0. The zero-order valence-corrected chi connectivity index (χ0v) is 12.4. The predicted molar refractivity (Wildman–Crippen MR) is 81.7 cm³/mol. The van der Waals surface area contributed by atoms with Crippen molar-refractivity contribution in [3.8, 4) is 0 Å². The molecular weight excluding hydrogens is 256 g/mol. The number of para-hydroxylation sites is 1. The fourth-order valence-electron chi connectivity index (χ4n) is 2.53. The average molecular weight is 278 g/mol. The van der Waals surface area contributed by atoms with Crippen molar-refractivity contribution in [3.05, 3.63) is 24.3 Å². The number of carbonyl (C=O) groups excluding carboxylic acids is 1. The highest BCUT2D eigenvalue weighted by Gasteiger charge is 2.26. The number of piperidine rings is 1. The molecule has 104 valence electrons. The van der Waals surface area contributed by atoms with Gasteiger partial charge >= 0.3 is 0 Å². The lowest BCUT2D eigenvalue weighted by molar-refractivity contribution is -0.119. The van der Waals surface area contributed by atoms with Gasteiger partial charge in [0.15, 0.2) is 0 Å². The number of thioether (sulfide) groups is 1. The van der Waals surface area contributed by atoms with E-state index in [0.717, 1.165) is 30.0 Å². The van der Waals surface area contributed by atoms with Crippen molar-refractivity contribution in [2.24, 2.45) is 5.92 Å². The van der Waals surface area contributed by atoms with E-state index in [9.17, 15) is 4.79 Å². The second kappa shape index (κ2) is 6.96. The SMILES string of the molecule is CCC1CCNC(C(=O)Nc2ccccc2SC)C1. The minimum atomic E-state index is -0.0476. The van der Waals surface area contributed by atoms with Gasteiger partial charge in [0, 0.05) is 4.90 Å². The summed E-state index contributed by atoms with van der Waals surface area (Å²) in [7, 11) is 0. The molecule has 1 aromatic carbocycles. The van der Waals surface area contributed by atoms with Crippen molar-refractivity contribution < 1.29 is 4.79 Å². The van der Waals surface area contributed by atoms with Crippen molar-refractivity contribution >= 4 is 23.4 Å². The molecule has 2 atom stereocenters. The molecule has 19 heavy (non-hydrogen) atoms. The van der Waals surface area contributed by atoms with Gasteiger partial charge in [0.05, 0.1) is 11.7 Å². The van der Waals surface area contributed by atoms with E-state index in [0.29, 0.717) is 5.92 Å². The molecule has 0 aliphatic carbocycles. The van der Waals surface area contributed by atoms with Gasteiger partial charge in [-0.1, -0.05) is 25.5 Å². The van der Waals surface area contributed by atoms with Crippen LogP contribution in [0.1, 0.15) is 26.2 Å². The fourth-order valence-corrected chi connectivity index (χ4v) is 3.09. The Bertz CT molecular complexity index is 436. The standard InChI is InChI=1S/C15H22N2OS/c1-3-11-8-9-16-13(10-11)15(18)17-12-6-4-5-7-14(12)19-2/h4-7,11,13,16H,3,8-10H2,1-2H3,(H,17,18). The monoisotopic (exact) mass is 278 g/mol. The molecule has 2 unspecified atom stereocenters. The Morgan fingerprint density at radius 1 is 1.47 bits per heavy atom.